The molecule has 0 radical (unpaired) electrons. The molecule has 19 heavy (non-hydrogen) atoms. The molecule has 0 saturated heterocycles. The van der Waals surface area contributed by atoms with Gasteiger partial charge in [0.25, 0.3) is 0 Å². The third kappa shape index (κ3) is 5.22. The number of esters is 1. The average molecular weight is 285 g/mol. The van der Waals surface area contributed by atoms with Gasteiger partial charge in [0.15, 0.2) is 0 Å². The van der Waals surface area contributed by atoms with Crippen LogP contribution in [-0.2, 0) is 20.9 Å². The van der Waals surface area contributed by atoms with E-state index in [1.807, 2.05) is 24.3 Å². The van der Waals surface area contributed by atoms with Gasteiger partial charge in [-0.2, -0.15) is 0 Å². The number of carbonyl (C=O) groups is 1. The Balaban J connectivity index is 2.60. The number of benzene rings is 1. The Morgan fingerprint density at radius 1 is 1.26 bits per heavy atom. The molecule has 1 aromatic rings. The molecule has 0 heterocycles. The van der Waals surface area contributed by atoms with Crippen molar-refractivity contribution in [1.29, 1.82) is 0 Å². The molecule has 0 saturated carbocycles. The Kier molecular flexibility index (Phi) is 6.82. The van der Waals surface area contributed by atoms with E-state index < -0.39 is 5.97 Å². The lowest BCUT2D eigenvalue weighted by Crippen LogP contribution is -2.11. The highest BCUT2D eigenvalue weighted by Gasteiger charge is 2.11. The average Bonchev–Trinajstić information content (AvgIpc) is 2.44. The van der Waals surface area contributed by atoms with Crippen LogP contribution in [0.25, 0.3) is 0 Å². The molecule has 0 fully saturated rings. The van der Waals surface area contributed by atoms with Crippen molar-refractivity contribution in [3.63, 3.8) is 0 Å². The predicted molar refractivity (Wildman–Crippen MR) is 73.2 cm³/mol. The number of hydrogen-bond donors (Lipinski definition) is 0. The third-order valence-electron chi connectivity index (χ3n) is 2.29. The number of ether oxygens (including phenoxy) is 3. The molecule has 0 atom stereocenters. The van der Waals surface area contributed by atoms with Crippen LogP contribution >= 0.6 is 11.6 Å². The van der Waals surface area contributed by atoms with E-state index in [1.54, 1.807) is 14.0 Å². The maximum atomic E-state index is 11.6. The summed E-state index contributed by atoms with van der Waals surface area (Å²) >= 11 is 5.58. The van der Waals surface area contributed by atoms with Crippen LogP contribution in [0.4, 0.5) is 0 Å². The molecule has 0 aliphatic carbocycles. The van der Waals surface area contributed by atoms with Crippen molar-refractivity contribution < 1.29 is 19.0 Å². The fraction of sp³-hybridized carbons (Fsp3) is 0.357. The number of rotatable bonds is 7. The molecule has 0 aliphatic rings. The maximum absolute atomic E-state index is 11.6. The van der Waals surface area contributed by atoms with Gasteiger partial charge in [0, 0.05) is 5.88 Å². The first-order valence-corrected chi connectivity index (χ1v) is 6.43. The van der Waals surface area contributed by atoms with Gasteiger partial charge in [-0.1, -0.05) is 12.1 Å². The van der Waals surface area contributed by atoms with Crippen molar-refractivity contribution in [2.75, 3.05) is 19.6 Å². The van der Waals surface area contributed by atoms with Crippen molar-refractivity contribution >= 4 is 17.6 Å². The number of allylic oxidation sites excluding steroid dienone is 1. The lowest BCUT2D eigenvalue weighted by atomic mass is 10.2. The number of methoxy groups -OCH3 is 1. The SMILES string of the molecule is CCOC(=O)/C(=C\CCl)OCc1ccc(OC)cc1. The van der Waals surface area contributed by atoms with E-state index >= 15 is 0 Å². The summed E-state index contributed by atoms with van der Waals surface area (Å²) in [4.78, 5) is 11.6. The second kappa shape index (κ2) is 8.43. The molecule has 0 spiro atoms. The van der Waals surface area contributed by atoms with E-state index in [0.717, 1.165) is 11.3 Å². The van der Waals surface area contributed by atoms with Gasteiger partial charge in [0.05, 0.1) is 13.7 Å². The molecule has 1 rings (SSSR count). The second-order valence-corrected chi connectivity index (χ2v) is 3.89. The van der Waals surface area contributed by atoms with Crippen molar-refractivity contribution in [3.8, 4) is 5.75 Å². The van der Waals surface area contributed by atoms with Crippen LogP contribution in [0.1, 0.15) is 12.5 Å². The van der Waals surface area contributed by atoms with Gasteiger partial charge in [0.2, 0.25) is 5.76 Å². The van der Waals surface area contributed by atoms with E-state index in [2.05, 4.69) is 0 Å². The van der Waals surface area contributed by atoms with Crippen molar-refractivity contribution in [1.82, 2.24) is 0 Å². The zero-order chi connectivity index (χ0) is 14.1. The molecule has 104 valence electrons. The summed E-state index contributed by atoms with van der Waals surface area (Å²) in [5.74, 6) is 0.589. The summed E-state index contributed by atoms with van der Waals surface area (Å²) in [6, 6.07) is 7.38. The first kappa shape index (κ1) is 15.4. The van der Waals surface area contributed by atoms with Crippen LogP contribution < -0.4 is 4.74 Å². The Labute approximate surface area is 117 Å². The molecule has 0 unspecified atom stereocenters. The van der Waals surface area contributed by atoms with Crippen molar-refractivity contribution in [2.45, 2.75) is 13.5 Å². The fourth-order valence-electron chi connectivity index (χ4n) is 1.36. The van der Waals surface area contributed by atoms with Crippen LogP contribution in [-0.4, -0.2) is 25.6 Å². The van der Waals surface area contributed by atoms with Gasteiger partial charge >= 0.3 is 5.97 Å². The summed E-state index contributed by atoms with van der Waals surface area (Å²) in [5.41, 5.74) is 0.922. The van der Waals surface area contributed by atoms with Crippen LogP contribution in [0.2, 0.25) is 0 Å². The van der Waals surface area contributed by atoms with Gasteiger partial charge in [-0.3, -0.25) is 0 Å². The molecular weight excluding hydrogens is 268 g/mol. The molecule has 5 heteroatoms. The van der Waals surface area contributed by atoms with E-state index in [4.69, 9.17) is 25.8 Å². The van der Waals surface area contributed by atoms with Gasteiger partial charge in [-0.25, -0.2) is 4.79 Å². The Hall–Kier alpha value is -1.68. The highest BCUT2D eigenvalue weighted by Crippen LogP contribution is 2.13. The minimum atomic E-state index is -0.503. The topological polar surface area (TPSA) is 44.8 Å². The Morgan fingerprint density at radius 2 is 1.95 bits per heavy atom. The quantitative estimate of drug-likeness (QED) is 0.334. The van der Waals surface area contributed by atoms with E-state index in [-0.39, 0.29) is 18.2 Å². The van der Waals surface area contributed by atoms with Gasteiger partial charge in [-0.15, -0.1) is 11.6 Å². The van der Waals surface area contributed by atoms with Crippen LogP contribution in [0.3, 0.4) is 0 Å². The molecule has 4 nitrogen and oxygen atoms in total. The largest absolute Gasteiger partial charge is 0.497 e. The molecule has 0 amide bonds. The Morgan fingerprint density at radius 3 is 2.47 bits per heavy atom. The van der Waals surface area contributed by atoms with E-state index in [9.17, 15) is 4.79 Å². The molecule has 0 aromatic heterocycles. The number of carbonyl (C=O) groups excluding carboxylic acids is 1. The fourth-order valence-corrected chi connectivity index (χ4v) is 1.50. The molecule has 0 aliphatic heterocycles. The second-order valence-electron chi connectivity index (χ2n) is 3.58. The van der Waals surface area contributed by atoms with Gasteiger partial charge in [-0.05, 0) is 30.7 Å². The van der Waals surface area contributed by atoms with Gasteiger partial charge < -0.3 is 14.2 Å². The summed E-state index contributed by atoms with van der Waals surface area (Å²) in [7, 11) is 1.60. The van der Waals surface area contributed by atoms with Crippen molar-refractivity contribution in [2.24, 2.45) is 0 Å². The number of alkyl halides is 1. The lowest BCUT2D eigenvalue weighted by Gasteiger charge is -2.09. The zero-order valence-corrected chi connectivity index (χ0v) is 11.8. The minimum absolute atomic E-state index is 0.132. The summed E-state index contributed by atoms with van der Waals surface area (Å²) < 4.78 is 15.3. The van der Waals surface area contributed by atoms with Crippen LogP contribution in [0.5, 0.6) is 5.75 Å². The first-order valence-electron chi connectivity index (χ1n) is 5.90. The molecule has 0 bridgehead atoms. The maximum Gasteiger partial charge on any atom is 0.373 e. The standard InChI is InChI=1S/C14H17ClO4/c1-3-18-14(16)13(8-9-15)19-10-11-4-6-12(17-2)7-5-11/h4-8H,3,9-10H2,1-2H3/b13-8+. The normalized spacial score (nSPS) is 11.0. The van der Waals surface area contributed by atoms with Crippen LogP contribution in [0.15, 0.2) is 36.1 Å². The summed E-state index contributed by atoms with van der Waals surface area (Å²) in [6.07, 6.45) is 1.49. The smallest absolute Gasteiger partial charge is 0.373 e. The van der Waals surface area contributed by atoms with E-state index in [0.29, 0.717) is 6.61 Å². The Bertz CT molecular complexity index is 426. The predicted octanol–water partition coefficient (Wildman–Crippen LogP) is 2.90. The summed E-state index contributed by atoms with van der Waals surface area (Å²) in [5, 5.41) is 0. The van der Waals surface area contributed by atoms with Crippen molar-refractivity contribution in [3.05, 3.63) is 41.7 Å². The highest BCUT2D eigenvalue weighted by atomic mass is 35.5. The monoisotopic (exact) mass is 284 g/mol. The molecule has 1 aromatic carbocycles. The molecular formula is C14H17ClO4. The summed E-state index contributed by atoms with van der Waals surface area (Å²) in [6.45, 7) is 2.30. The minimum Gasteiger partial charge on any atom is -0.497 e. The lowest BCUT2D eigenvalue weighted by molar-refractivity contribution is -0.142. The highest BCUT2D eigenvalue weighted by molar-refractivity contribution is 6.19. The number of hydrogen-bond acceptors (Lipinski definition) is 4. The molecule has 0 N–H and O–H groups in total. The first-order chi connectivity index (χ1) is 9.21. The zero-order valence-electron chi connectivity index (χ0n) is 11.0. The third-order valence-corrected chi connectivity index (χ3v) is 2.45. The van der Waals surface area contributed by atoms with E-state index in [1.165, 1.54) is 6.08 Å². The van der Waals surface area contributed by atoms with Crippen LogP contribution in [0, 0.1) is 0 Å². The van der Waals surface area contributed by atoms with Gasteiger partial charge in [0.1, 0.15) is 12.4 Å². The number of halogens is 1.